The number of nitrogens with two attached hydrogens (primary N) is 1. The van der Waals surface area contributed by atoms with Gasteiger partial charge in [-0.3, -0.25) is 0 Å². The molecule has 2 aromatic heterocycles. The van der Waals surface area contributed by atoms with E-state index in [1.54, 1.807) is 0 Å². The highest BCUT2D eigenvalue weighted by molar-refractivity contribution is 7.51. The normalized spacial score (nSPS) is 10.2. The van der Waals surface area contributed by atoms with Crippen LogP contribution in [0.5, 0.6) is 0 Å². The molecule has 0 unspecified atom stereocenters. The third kappa shape index (κ3) is 4.62. The maximum atomic E-state index is 8.29. The summed E-state index contributed by atoms with van der Waals surface area (Å²) in [5.41, 5.74) is 12.1. The number of pyridine rings is 1. The zero-order chi connectivity index (χ0) is 19.1. The van der Waals surface area contributed by atoms with E-state index in [-0.39, 0.29) is 0 Å². The quantitative estimate of drug-likeness (QED) is 0.563. The van der Waals surface area contributed by atoms with E-state index in [1.807, 2.05) is 12.1 Å². The molecule has 3 N–H and O–H groups in total. The Labute approximate surface area is 159 Å². The molecular formula is C19H17N5O2S. The summed E-state index contributed by atoms with van der Waals surface area (Å²) in [5, 5.41) is 10.9. The van der Waals surface area contributed by atoms with Crippen LogP contribution in [-0.2, 0) is 24.4 Å². The second-order valence-electron chi connectivity index (χ2n) is 5.88. The van der Waals surface area contributed by atoms with Gasteiger partial charge in [-0.15, -0.1) is 5.10 Å². The number of nitrogens with zero attached hydrogens (tertiary/aromatic N) is 3. The maximum Gasteiger partial charge on any atom is 0.335 e. The van der Waals surface area contributed by atoms with E-state index in [4.69, 9.17) is 14.2 Å². The van der Waals surface area contributed by atoms with Crippen LogP contribution in [0.2, 0.25) is 0 Å². The fraction of sp³-hybridized carbons (Fsp3) is 0.105. The highest BCUT2D eigenvalue weighted by Crippen LogP contribution is 2.22. The molecule has 0 aliphatic carbocycles. The average Bonchev–Trinajstić information content (AvgIpc) is 3.13. The number of H-pyrrole nitrogens is 1. The number of nitrogens with one attached hydrogen (secondary N) is 1. The van der Waals surface area contributed by atoms with E-state index in [1.165, 1.54) is 16.7 Å². The molecule has 27 heavy (non-hydrogen) atoms. The van der Waals surface area contributed by atoms with Crippen LogP contribution < -0.4 is 5.73 Å². The number of hydrogen-bond donors (Lipinski definition) is 2. The van der Waals surface area contributed by atoms with Gasteiger partial charge in [0.15, 0.2) is 0 Å². The Hall–Kier alpha value is -3.39. The van der Waals surface area contributed by atoms with E-state index >= 15 is 0 Å². The number of nitrogen functional groups attached to an aromatic ring is 1. The monoisotopic (exact) mass is 379 g/mol. The Morgan fingerprint density at radius 3 is 2.19 bits per heavy atom. The highest BCUT2D eigenvalue weighted by atomic mass is 32.1. The van der Waals surface area contributed by atoms with Crippen molar-refractivity contribution in [3.8, 4) is 0 Å². The smallest absolute Gasteiger partial charge is 0.335 e. The first-order chi connectivity index (χ1) is 13.2. The molecule has 0 fully saturated rings. The average molecular weight is 379 g/mol. The first-order valence-corrected chi connectivity index (χ1v) is 8.86. The lowest BCUT2D eigenvalue weighted by atomic mass is 9.95. The van der Waals surface area contributed by atoms with Crippen molar-refractivity contribution in [1.82, 2.24) is 20.4 Å². The molecular weight excluding hydrogens is 362 g/mol. The van der Waals surface area contributed by atoms with Crippen LogP contribution in [0.4, 0.5) is 5.82 Å². The standard InChI is InChI=1S/C19H17N5.O2S/c20-17-12-16(18-19(21-17)23-24-22-18)11-15-9-5-4-8-14(15)10-13-6-2-1-3-7-13;1-3-2/h1-9,12H,10-11H2,(H3,20,21,22,23,24);. The fourth-order valence-corrected chi connectivity index (χ4v) is 2.98. The van der Waals surface area contributed by atoms with Crippen molar-refractivity contribution in [2.24, 2.45) is 0 Å². The van der Waals surface area contributed by atoms with Crippen molar-refractivity contribution in [3.05, 3.63) is 82.9 Å². The summed E-state index contributed by atoms with van der Waals surface area (Å²) in [6.07, 6.45) is 1.65. The molecule has 0 radical (unpaired) electrons. The molecule has 4 rings (SSSR count). The molecule has 0 saturated carbocycles. The number of rotatable bonds is 4. The van der Waals surface area contributed by atoms with Crippen molar-refractivity contribution in [2.45, 2.75) is 12.8 Å². The summed E-state index contributed by atoms with van der Waals surface area (Å²) >= 11 is -0.750. The van der Waals surface area contributed by atoms with Gasteiger partial charge in [-0.1, -0.05) is 54.6 Å². The summed E-state index contributed by atoms with van der Waals surface area (Å²) in [7, 11) is 0. The number of fused-ring (bicyclic) bond motifs is 1. The predicted molar refractivity (Wildman–Crippen MR) is 104 cm³/mol. The number of anilines is 1. The minimum Gasteiger partial charge on any atom is -0.384 e. The molecule has 136 valence electrons. The molecule has 0 saturated heterocycles. The van der Waals surface area contributed by atoms with Gasteiger partial charge in [0.25, 0.3) is 0 Å². The van der Waals surface area contributed by atoms with Crippen molar-refractivity contribution in [1.29, 1.82) is 0 Å². The SMILES string of the molecule is Nc1cc(Cc2ccccc2Cc2ccccc2)c2n[nH]nc2n1.O=S=O. The second-order valence-corrected chi connectivity index (χ2v) is 6.01. The second kappa shape index (κ2) is 8.81. The van der Waals surface area contributed by atoms with Gasteiger partial charge in [0.05, 0.1) is 0 Å². The molecule has 0 aliphatic rings. The number of hydrogen-bond acceptors (Lipinski definition) is 6. The molecule has 0 aliphatic heterocycles. The van der Waals surface area contributed by atoms with Crippen LogP contribution in [-0.4, -0.2) is 28.8 Å². The van der Waals surface area contributed by atoms with E-state index in [2.05, 4.69) is 68.9 Å². The van der Waals surface area contributed by atoms with Crippen molar-refractivity contribution in [2.75, 3.05) is 5.73 Å². The predicted octanol–water partition coefficient (Wildman–Crippen LogP) is 2.45. The van der Waals surface area contributed by atoms with Gasteiger partial charge >= 0.3 is 11.6 Å². The van der Waals surface area contributed by atoms with E-state index in [9.17, 15) is 0 Å². The molecule has 0 amide bonds. The molecule has 7 nitrogen and oxygen atoms in total. The third-order valence-corrected chi connectivity index (χ3v) is 4.13. The van der Waals surface area contributed by atoms with Gasteiger partial charge in [-0.05, 0) is 34.7 Å². The van der Waals surface area contributed by atoms with Gasteiger partial charge in [-0.25, -0.2) is 4.98 Å². The number of aromatic amines is 1. The minimum absolute atomic E-state index is 0.465. The zero-order valence-electron chi connectivity index (χ0n) is 14.3. The van der Waals surface area contributed by atoms with Crippen LogP contribution in [0.3, 0.4) is 0 Å². The van der Waals surface area contributed by atoms with E-state index in [0.29, 0.717) is 11.5 Å². The summed E-state index contributed by atoms with van der Waals surface area (Å²) in [6.45, 7) is 0. The molecule has 2 aromatic carbocycles. The zero-order valence-corrected chi connectivity index (χ0v) is 15.1. The van der Waals surface area contributed by atoms with Crippen LogP contribution in [0.1, 0.15) is 22.3 Å². The minimum atomic E-state index is -0.750. The number of aromatic nitrogens is 4. The van der Waals surface area contributed by atoms with E-state index in [0.717, 1.165) is 23.9 Å². The van der Waals surface area contributed by atoms with Crippen LogP contribution in [0.25, 0.3) is 11.2 Å². The lowest BCUT2D eigenvalue weighted by molar-refractivity contribution is 0.630. The molecule has 0 spiro atoms. The Balaban J connectivity index is 0.000000659. The summed E-state index contributed by atoms with van der Waals surface area (Å²) in [4.78, 5) is 4.20. The Morgan fingerprint density at radius 2 is 1.48 bits per heavy atom. The topological polar surface area (TPSA) is 115 Å². The molecule has 4 aromatic rings. The molecule has 0 bridgehead atoms. The van der Waals surface area contributed by atoms with E-state index < -0.39 is 11.6 Å². The van der Waals surface area contributed by atoms with Crippen molar-refractivity contribution in [3.63, 3.8) is 0 Å². The van der Waals surface area contributed by atoms with Crippen LogP contribution in [0, 0.1) is 0 Å². The van der Waals surface area contributed by atoms with Crippen LogP contribution >= 0.6 is 0 Å². The molecule has 8 heteroatoms. The van der Waals surface area contributed by atoms with Crippen LogP contribution in [0.15, 0.2) is 60.7 Å². The number of benzene rings is 2. The highest BCUT2D eigenvalue weighted by Gasteiger charge is 2.11. The Bertz CT molecular complexity index is 1080. The largest absolute Gasteiger partial charge is 0.384 e. The van der Waals surface area contributed by atoms with Crippen molar-refractivity contribution < 1.29 is 8.42 Å². The maximum absolute atomic E-state index is 8.29. The third-order valence-electron chi connectivity index (χ3n) is 4.13. The van der Waals surface area contributed by atoms with Gasteiger partial charge in [0, 0.05) is 6.42 Å². The summed E-state index contributed by atoms with van der Waals surface area (Å²) in [6, 6.07) is 20.8. The van der Waals surface area contributed by atoms with Gasteiger partial charge in [0.1, 0.15) is 11.3 Å². The Kier molecular flexibility index (Phi) is 6.01. The molecule has 0 atom stereocenters. The van der Waals surface area contributed by atoms with Gasteiger partial charge in [0.2, 0.25) is 5.65 Å². The summed E-state index contributed by atoms with van der Waals surface area (Å²) in [5.74, 6) is 0.465. The van der Waals surface area contributed by atoms with Gasteiger partial charge < -0.3 is 5.73 Å². The summed E-state index contributed by atoms with van der Waals surface area (Å²) < 4.78 is 16.6. The van der Waals surface area contributed by atoms with Gasteiger partial charge in [-0.2, -0.15) is 18.7 Å². The lowest BCUT2D eigenvalue weighted by Gasteiger charge is -2.10. The first kappa shape index (κ1) is 18.4. The first-order valence-electron chi connectivity index (χ1n) is 8.19. The molecule has 2 heterocycles. The Morgan fingerprint density at radius 1 is 0.852 bits per heavy atom. The lowest BCUT2D eigenvalue weighted by Crippen LogP contribution is -2.00. The van der Waals surface area contributed by atoms with Crippen molar-refractivity contribution >= 4 is 28.6 Å². The fourth-order valence-electron chi connectivity index (χ4n) is 2.98.